The van der Waals surface area contributed by atoms with Crippen LogP contribution in [0.3, 0.4) is 0 Å². The molecule has 0 saturated carbocycles. The average molecular weight is 385 g/mol. The number of hydrogen-bond acceptors (Lipinski definition) is 6. The normalized spacial score (nSPS) is 16.5. The third kappa shape index (κ3) is 5.99. The number of β-amino-alcohol motifs (C(OH)–C–C–N with tert-alkyl or cyclic N) is 1. The molecule has 2 heterocycles. The second kappa shape index (κ2) is 9.96. The van der Waals surface area contributed by atoms with Crippen LogP contribution in [0.4, 0.5) is 5.82 Å². The molecule has 0 radical (unpaired) electrons. The van der Waals surface area contributed by atoms with Crippen LogP contribution in [0.5, 0.6) is 0 Å². The molecule has 1 aromatic heterocycles. The van der Waals surface area contributed by atoms with Gasteiger partial charge in [0.25, 0.3) is 0 Å². The molecule has 6 heteroatoms. The molecule has 2 aromatic rings. The lowest BCUT2D eigenvalue weighted by atomic mass is 10.2. The first-order valence-electron chi connectivity index (χ1n) is 10.1. The molecule has 1 saturated heterocycles. The van der Waals surface area contributed by atoms with E-state index in [2.05, 4.69) is 34.7 Å². The molecule has 1 atom stereocenters. The number of anilines is 1. The van der Waals surface area contributed by atoms with Crippen molar-refractivity contribution in [3.05, 3.63) is 53.5 Å². The Morgan fingerprint density at radius 1 is 1.07 bits per heavy atom. The number of hydrogen-bond donors (Lipinski definition) is 1. The molecule has 1 N–H and O–H groups in total. The molecular weight excluding hydrogens is 352 g/mol. The summed E-state index contributed by atoms with van der Waals surface area (Å²) in [5.41, 5.74) is 2.14. The molecule has 0 aliphatic carbocycles. The highest BCUT2D eigenvalue weighted by atomic mass is 16.5. The molecule has 6 nitrogen and oxygen atoms in total. The monoisotopic (exact) mass is 384 g/mol. The van der Waals surface area contributed by atoms with Crippen molar-refractivity contribution < 1.29 is 9.84 Å². The van der Waals surface area contributed by atoms with Crippen molar-refractivity contribution in [1.82, 2.24) is 14.9 Å². The molecule has 1 aromatic carbocycles. The lowest BCUT2D eigenvalue weighted by Crippen LogP contribution is -2.49. The Morgan fingerprint density at radius 3 is 2.46 bits per heavy atom. The first-order chi connectivity index (χ1) is 13.5. The molecule has 0 amide bonds. The van der Waals surface area contributed by atoms with Crippen LogP contribution in [0.1, 0.15) is 36.8 Å². The summed E-state index contributed by atoms with van der Waals surface area (Å²) >= 11 is 0. The number of aromatic nitrogens is 2. The van der Waals surface area contributed by atoms with Crippen LogP contribution >= 0.6 is 0 Å². The second-order valence-electron chi connectivity index (χ2n) is 7.82. The van der Waals surface area contributed by atoms with Gasteiger partial charge in [-0.05, 0) is 12.5 Å². The molecule has 152 valence electrons. The van der Waals surface area contributed by atoms with E-state index in [0.717, 1.165) is 49.1 Å². The second-order valence-corrected chi connectivity index (χ2v) is 7.82. The number of nitrogens with zero attached hydrogens (tertiary/aromatic N) is 4. The summed E-state index contributed by atoms with van der Waals surface area (Å²) in [4.78, 5) is 13.9. The third-order valence-electron chi connectivity index (χ3n) is 4.96. The first-order valence-corrected chi connectivity index (χ1v) is 10.1. The predicted octanol–water partition coefficient (Wildman–Crippen LogP) is 2.61. The van der Waals surface area contributed by atoms with Gasteiger partial charge in [-0.3, -0.25) is 4.90 Å². The molecule has 28 heavy (non-hydrogen) atoms. The fourth-order valence-corrected chi connectivity index (χ4v) is 3.39. The number of benzene rings is 1. The maximum Gasteiger partial charge on any atom is 0.133 e. The van der Waals surface area contributed by atoms with Gasteiger partial charge < -0.3 is 14.7 Å². The number of aryl methyl sites for hydroxylation is 1. The molecule has 1 fully saturated rings. The summed E-state index contributed by atoms with van der Waals surface area (Å²) < 4.78 is 5.66. The van der Waals surface area contributed by atoms with E-state index in [9.17, 15) is 5.11 Å². The molecular formula is C22H32N4O2. The van der Waals surface area contributed by atoms with Crippen LogP contribution in [0.15, 0.2) is 36.4 Å². The van der Waals surface area contributed by atoms with Crippen LogP contribution < -0.4 is 4.90 Å². The predicted molar refractivity (Wildman–Crippen MR) is 112 cm³/mol. The minimum atomic E-state index is -0.468. The van der Waals surface area contributed by atoms with E-state index in [0.29, 0.717) is 25.7 Å². The molecule has 1 aliphatic heterocycles. The van der Waals surface area contributed by atoms with Gasteiger partial charge in [-0.25, -0.2) is 9.97 Å². The fourth-order valence-electron chi connectivity index (χ4n) is 3.39. The summed E-state index contributed by atoms with van der Waals surface area (Å²) in [6, 6.07) is 12.1. The highest BCUT2D eigenvalue weighted by molar-refractivity contribution is 5.40. The third-order valence-corrected chi connectivity index (χ3v) is 4.96. The molecule has 3 rings (SSSR count). The van der Waals surface area contributed by atoms with Gasteiger partial charge in [0.2, 0.25) is 0 Å². The maximum atomic E-state index is 10.3. The van der Waals surface area contributed by atoms with Gasteiger partial charge in [0.05, 0.1) is 19.3 Å². The van der Waals surface area contributed by atoms with Gasteiger partial charge in [0.1, 0.15) is 11.6 Å². The fraction of sp³-hybridized carbons (Fsp3) is 0.545. The summed E-state index contributed by atoms with van der Waals surface area (Å²) in [6.07, 6.45) is -0.468. The molecule has 0 spiro atoms. The Balaban J connectivity index is 1.42. The van der Waals surface area contributed by atoms with Gasteiger partial charge in [-0.15, -0.1) is 0 Å². The molecule has 1 unspecified atom stereocenters. The first kappa shape index (κ1) is 20.7. The molecule has 1 aliphatic rings. The Hall–Kier alpha value is -2.02. The quantitative estimate of drug-likeness (QED) is 0.755. The Labute approximate surface area is 168 Å². The van der Waals surface area contributed by atoms with E-state index in [1.54, 1.807) is 0 Å². The highest BCUT2D eigenvalue weighted by Gasteiger charge is 2.21. The topological polar surface area (TPSA) is 61.7 Å². The van der Waals surface area contributed by atoms with E-state index in [4.69, 9.17) is 9.72 Å². The van der Waals surface area contributed by atoms with E-state index in [1.165, 1.54) is 0 Å². The van der Waals surface area contributed by atoms with E-state index < -0.39 is 6.10 Å². The number of rotatable bonds is 8. The van der Waals surface area contributed by atoms with Crippen LogP contribution in [-0.4, -0.2) is 65.4 Å². The van der Waals surface area contributed by atoms with E-state index in [1.807, 2.05) is 37.3 Å². The van der Waals surface area contributed by atoms with Crippen LogP contribution in [0.2, 0.25) is 0 Å². The summed E-state index contributed by atoms with van der Waals surface area (Å²) in [6.45, 7) is 11.5. The molecule has 0 bridgehead atoms. The summed E-state index contributed by atoms with van der Waals surface area (Å²) in [5, 5.41) is 10.3. The number of aliphatic hydroxyl groups excluding tert-OH is 1. The number of aliphatic hydroxyl groups is 1. The van der Waals surface area contributed by atoms with Crippen LogP contribution in [0.25, 0.3) is 0 Å². The number of ether oxygens (including phenoxy) is 1. The van der Waals surface area contributed by atoms with Crippen molar-refractivity contribution >= 4 is 5.82 Å². The van der Waals surface area contributed by atoms with Crippen molar-refractivity contribution in [2.45, 2.75) is 39.4 Å². The van der Waals surface area contributed by atoms with Crippen molar-refractivity contribution in [2.75, 3.05) is 44.2 Å². The minimum Gasteiger partial charge on any atom is -0.389 e. The lowest BCUT2D eigenvalue weighted by Gasteiger charge is -2.36. The summed E-state index contributed by atoms with van der Waals surface area (Å²) in [5.74, 6) is 2.25. The zero-order valence-corrected chi connectivity index (χ0v) is 17.2. The van der Waals surface area contributed by atoms with Gasteiger partial charge in [-0.1, -0.05) is 44.2 Å². The van der Waals surface area contributed by atoms with Gasteiger partial charge in [-0.2, -0.15) is 0 Å². The standard InChI is InChI=1S/C22H32N4O2/c1-17(2)22-23-18(3)13-21(24-22)26-11-9-25(10-12-26)14-20(27)16-28-15-19-7-5-4-6-8-19/h4-8,13,17,20,27H,9-12,14-16H2,1-3H3. The minimum absolute atomic E-state index is 0.325. The van der Waals surface area contributed by atoms with E-state index >= 15 is 0 Å². The van der Waals surface area contributed by atoms with Crippen LogP contribution in [0, 0.1) is 6.92 Å². The summed E-state index contributed by atoms with van der Waals surface area (Å²) in [7, 11) is 0. The lowest BCUT2D eigenvalue weighted by molar-refractivity contribution is 0.00912. The smallest absolute Gasteiger partial charge is 0.133 e. The zero-order chi connectivity index (χ0) is 19.9. The van der Waals surface area contributed by atoms with Gasteiger partial charge in [0, 0.05) is 50.4 Å². The average Bonchev–Trinajstić information content (AvgIpc) is 2.69. The SMILES string of the molecule is Cc1cc(N2CCN(CC(O)COCc3ccccc3)CC2)nc(C(C)C)n1. The highest BCUT2D eigenvalue weighted by Crippen LogP contribution is 2.18. The largest absolute Gasteiger partial charge is 0.389 e. The van der Waals surface area contributed by atoms with Crippen molar-refractivity contribution in [2.24, 2.45) is 0 Å². The van der Waals surface area contributed by atoms with Crippen molar-refractivity contribution in [3.63, 3.8) is 0 Å². The Kier molecular flexibility index (Phi) is 7.36. The Bertz CT molecular complexity index is 731. The number of piperazine rings is 1. The maximum absolute atomic E-state index is 10.3. The van der Waals surface area contributed by atoms with Gasteiger partial charge >= 0.3 is 0 Å². The van der Waals surface area contributed by atoms with Gasteiger partial charge in [0.15, 0.2) is 0 Å². The van der Waals surface area contributed by atoms with Crippen molar-refractivity contribution in [1.29, 1.82) is 0 Å². The Morgan fingerprint density at radius 2 is 1.79 bits per heavy atom. The van der Waals surface area contributed by atoms with Crippen LogP contribution in [-0.2, 0) is 11.3 Å². The zero-order valence-electron chi connectivity index (χ0n) is 17.2. The van der Waals surface area contributed by atoms with E-state index in [-0.39, 0.29) is 0 Å². The van der Waals surface area contributed by atoms with Crippen molar-refractivity contribution in [3.8, 4) is 0 Å².